The van der Waals surface area contributed by atoms with Crippen molar-refractivity contribution in [3.8, 4) is 0 Å². The minimum Gasteiger partial charge on any atom is -0.351 e. The quantitative estimate of drug-likeness (QED) is 0.672. The Morgan fingerprint density at radius 2 is 2.00 bits per heavy atom. The number of anilines is 1. The number of carbonyl (C=O) groups is 1. The van der Waals surface area contributed by atoms with Crippen molar-refractivity contribution >= 4 is 40.5 Å². The van der Waals surface area contributed by atoms with Gasteiger partial charge in [-0.2, -0.15) is 0 Å². The zero-order valence-corrected chi connectivity index (χ0v) is 16.8. The summed E-state index contributed by atoms with van der Waals surface area (Å²) in [7, 11) is 0. The Labute approximate surface area is 160 Å². The lowest BCUT2D eigenvalue weighted by molar-refractivity contribution is -0.895. The Balaban J connectivity index is 1.84. The summed E-state index contributed by atoms with van der Waals surface area (Å²) in [5.41, 5.74) is 3.10. The fraction of sp³-hybridized carbons (Fsp3) is 0.556. The van der Waals surface area contributed by atoms with Gasteiger partial charge < -0.3 is 20.4 Å². The first kappa shape index (κ1) is 19.9. The molecule has 1 saturated heterocycles. The van der Waals surface area contributed by atoms with Crippen LogP contribution in [0.3, 0.4) is 0 Å². The molecule has 0 unspecified atom stereocenters. The van der Waals surface area contributed by atoms with E-state index in [2.05, 4.69) is 28.5 Å². The van der Waals surface area contributed by atoms with Crippen LogP contribution in [0.4, 0.5) is 5.69 Å². The number of carbonyl (C=O) groups excluding carboxylic acids is 1. The van der Waals surface area contributed by atoms with Crippen molar-refractivity contribution in [3.05, 3.63) is 28.3 Å². The third-order valence-electron chi connectivity index (χ3n) is 4.40. The highest BCUT2D eigenvalue weighted by atomic mass is 35.5. The van der Waals surface area contributed by atoms with Crippen LogP contribution in [0, 0.1) is 13.8 Å². The van der Waals surface area contributed by atoms with Crippen LogP contribution in [0.1, 0.15) is 24.5 Å². The summed E-state index contributed by atoms with van der Waals surface area (Å²) in [6, 6.07) is 4.03. The molecule has 1 amide bonds. The van der Waals surface area contributed by atoms with Gasteiger partial charge in [0, 0.05) is 6.54 Å². The maximum atomic E-state index is 11.8. The lowest BCUT2D eigenvalue weighted by Gasteiger charge is -2.33. The van der Waals surface area contributed by atoms with Gasteiger partial charge in [0.2, 0.25) is 0 Å². The highest BCUT2D eigenvalue weighted by molar-refractivity contribution is 7.80. The Bertz CT molecular complexity index is 606. The monoisotopic (exact) mass is 383 g/mol. The van der Waals surface area contributed by atoms with Crippen LogP contribution in [-0.2, 0) is 4.79 Å². The van der Waals surface area contributed by atoms with E-state index in [0.29, 0.717) is 16.7 Å². The zero-order valence-electron chi connectivity index (χ0n) is 15.2. The molecule has 1 aromatic carbocycles. The standard InChI is InChI=1S/C18H27ClN4OS/c1-4-5-20-16(24)12-22-6-8-23(9-7-22)18(25)21-17-14(3)10-13(2)11-15(17)19/h10-11H,4-9,12H2,1-3H3,(H,20,24)(H,21,25)/p+1. The smallest absolute Gasteiger partial charge is 0.275 e. The third kappa shape index (κ3) is 5.83. The van der Waals surface area contributed by atoms with E-state index in [0.717, 1.165) is 56.0 Å². The number of rotatable bonds is 5. The second-order valence-electron chi connectivity index (χ2n) is 6.63. The molecule has 1 aliphatic rings. The molecule has 1 heterocycles. The number of halogens is 1. The number of quaternary nitrogens is 1. The number of aryl methyl sites for hydroxylation is 2. The number of hydrogen-bond acceptors (Lipinski definition) is 2. The molecule has 0 aliphatic carbocycles. The minimum absolute atomic E-state index is 0.132. The number of benzene rings is 1. The Kier molecular flexibility index (Phi) is 7.47. The summed E-state index contributed by atoms with van der Waals surface area (Å²) in [6.45, 7) is 10.9. The van der Waals surface area contributed by atoms with E-state index >= 15 is 0 Å². The van der Waals surface area contributed by atoms with Gasteiger partial charge in [-0.05, 0) is 49.7 Å². The van der Waals surface area contributed by atoms with Crippen LogP contribution in [0.2, 0.25) is 5.02 Å². The predicted octanol–water partition coefficient (Wildman–Crippen LogP) is 1.38. The molecule has 3 N–H and O–H groups in total. The number of thiocarbonyl (C=S) groups is 1. The van der Waals surface area contributed by atoms with Crippen molar-refractivity contribution in [2.45, 2.75) is 27.2 Å². The van der Waals surface area contributed by atoms with Crippen molar-refractivity contribution in [1.82, 2.24) is 10.2 Å². The number of nitrogens with zero attached hydrogens (tertiary/aromatic N) is 1. The van der Waals surface area contributed by atoms with Crippen LogP contribution in [-0.4, -0.2) is 55.2 Å². The van der Waals surface area contributed by atoms with Gasteiger partial charge in [0.05, 0.1) is 36.9 Å². The van der Waals surface area contributed by atoms with Crippen LogP contribution in [0.15, 0.2) is 12.1 Å². The van der Waals surface area contributed by atoms with E-state index in [-0.39, 0.29) is 5.91 Å². The van der Waals surface area contributed by atoms with Crippen LogP contribution >= 0.6 is 23.8 Å². The van der Waals surface area contributed by atoms with Gasteiger partial charge in [-0.25, -0.2) is 0 Å². The number of hydrogen-bond donors (Lipinski definition) is 3. The Morgan fingerprint density at radius 3 is 2.60 bits per heavy atom. The summed E-state index contributed by atoms with van der Waals surface area (Å²) in [4.78, 5) is 15.3. The molecule has 2 rings (SSSR count). The first-order chi connectivity index (χ1) is 11.9. The fourth-order valence-corrected chi connectivity index (χ4v) is 3.67. The van der Waals surface area contributed by atoms with E-state index in [1.165, 1.54) is 4.90 Å². The predicted molar refractivity (Wildman–Crippen MR) is 108 cm³/mol. The summed E-state index contributed by atoms with van der Waals surface area (Å²) >= 11 is 11.9. The molecular weight excluding hydrogens is 356 g/mol. The maximum absolute atomic E-state index is 11.8. The van der Waals surface area contributed by atoms with Gasteiger partial charge in [-0.1, -0.05) is 24.6 Å². The largest absolute Gasteiger partial charge is 0.351 e. The van der Waals surface area contributed by atoms with Crippen LogP contribution in [0.25, 0.3) is 0 Å². The molecule has 0 aromatic heterocycles. The van der Waals surface area contributed by atoms with Gasteiger partial charge >= 0.3 is 0 Å². The molecular formula is C18H28ClN4OS+. The molecule has 138 valence electrons. The summed E-state index contributed by atoms with van der Waals surface area (Å²) in [5, 5.41) is 7.62. The molecule has 0 saturated carbocycles. The first-order valence-corrected chi connectivity index (χ1v) is 9.62. The lowest BCUT2D eigenvalue weighted by atomic mass is 10.1. The first-order valence-electron chi connectivity index (χ1n) is 8.83. The van der Waals surface area contributed by atoms with Crippen molar-refractivity contribution in [3.63, 3.8) is 0 Å². The van der Waals surface area contributed by atoms with Gasteiger partial charge in [0.25, 0.3) is 5.91 Å². The summed E-state index contributed by atoms with van der Waals surface area (Å²) in [5.74, 6) is 0.132. The second-order valence-corrected chi connectivity index (χ2v) is 7.43. The van der Waals surface area contributed by atoms with Gasteiger partial charge in [-0.3, -0.25) is 4.79 Å². The summed E-state index contributed by atoms with van der Waals surface area (Å²) < 4.78 is 0. The van der Waals surface area contributed by atoms with Crippen molar-refractivity contribution in [2.24, 2.45) is 0 Å². The van der Waals surface area contributed by atoms with E-state index in [1.54, 1.807) is 0 Å². The molecule has 25 heavy (non-hydrogen) atoms. The lowest BCUT2D eigenvalue weighted by Crippen LogP contribution is -3.15. The van der Waals surface area contributed by atoms with Crippen molar-refractivity contribution < 1.29 is 9.69 Å². The highest BCUT2D eigenvalue weighted by Crippen LogP contribution is 2.27. The van der Waals surface area contributed by atoms with Gasteiger partial charge in [-0.15, -0.1) is 0 Å². The van der Waals surface area contributed by atoms with E-state index < -0.39 is 0 Å². The number of piperazine rings is 1. The molecule has 0 radical (unpaired) electrons. The molecule has 1 aromatic rings. The summed E-state index contributed by atoms with van der Waals surface area (Å²) in [6.07, 6.45) is 0.968. The number of nitrogens with one attached hydrogen (secondary N) is 3. The third-order valence-corrected chi connectivity index (χ3v) is 5.06. The molecule has 5 nitrogen and oxygen atoms in total. The van der Waals surface area contributed by atoms with Crippen molar-refractivity contribution in [1.29, 1.82) is 0 Å². The molecule has 1 aliphatic heterocycles. The van der Waals surface area contributed by atoms with E-state index in [9.17, 15) is 4.79 Å². The van der Waals surface area contributed by atoms with Gasteiger partial charge in [0.15, 0.2) is 11.7 Å². The van der Waals surface area contributed by atoms with Crippen LogP contribution in [0.5, 0.6) is 0 Å². The van der Waals surface area contributed by atoms with Crippen molar-refractivity contribution in [2.75, 3.05) is 44.6 Å². The average molecular weight is 384 g/mol. The van der Waals surface area contributed by atoms with Gasteiger partial charge in [0.1, 0.15) is 0 Å². The highest BCUT2D eigenvalue weighted by Gasteiger charge is 2.24. The molecule has 0 atom stereocenters. The average Bonchev–Trinajstić information content (AvgIpc) is 2.56. The molecule has 1 fully saturated rings. The normalized spacial score (nSPS) is 15.1. The second kappa shape index (κ2) is 9.36. The maximum Gasteiger partial charge on any atom is 0.275 e. The molecule has 7 heteroatoms. The zero-order chi connectivity index (χ0) is 18.4. The Hall–Kier alpha value is -1.37. The molecule has 0 spiro atoms. The molecule has 0 bridgehead atoms. The minimum atomic E-state index is 0.132. The number of amides is 1. The van der Waals surface area contributed by atoms with E-state index in [1.807, 2.05) is 19.9 Å². The topological polar surface area (TPSA) is 48.8 Å². The van der Waals surface area contributed by atoms with E-state index in [4.69, 9.17) is 23.8 Å². The SMILES string of the molecule is CCCNC(=O)C[NH+]1CCN(C(=S)Nc2c(C)cc(C)cc2Cl)CC1. The fourth-order valence-electron chi connectivity index (χ4n) is 3.02. The Morgan fingerprint density at radius 1 is 1.32 bits per heavy atom. The van der Waals surface area contributed by atoms with Crippen LogP contribution < -0.4 is 15.5 Å².